The SMILES string of the molecule is CC(=O)N1CCCC(F)(F)C1.CN=C(\C=C/C(C)=N\C=C(/C)CCF)c1ccn2nc(N)nc(NC)c12. The number of hydrogen-bond acceptors (Lipinski definition) is 7. The zero-order valence-electron chi connectivity index (χ0n) is 21.9. The number of nitrogen functional groups attached to an aromatic ring is 1. The number of rotatable bonds is 7. The fourth-order valence-electron chi connectivity index (χ4n) is 3.61. The second-order valence-electron chi connectivity index (χ2n) is 8.62. The predicted molar refractivity (Wildman–Crippen MR) is 142 cm³/mol. The van der Waals surface area contributed by atoms with Crippen LogP contribution in [0.1, 0.15) is 45.6 Å². The monoisotopic (exact) mass is 520 g/mol. The molecule has 1 saturated heterocycles. The number of allylic oxidation sites excluding steroid dienone is 3. The number of anilines is 2. The Morgan fingerprint density at radius 3 is 2.59 bits per heavy atom. The number of amides is 1. The maximum atomic E-state index is 12.6. The number of alkyl halides is 3. The molecule has 0 spiro atoms. The molecule has 37 heavy (non-hydrogen) atoms. The van der Waals surface area contributed by atoms with Gasteiger partial charge in [-0.1, -0.05) is 5.57 Å². The van der Waals surface area contributed by atoms with E-state index in [0.29, 0.717) is 25.2 Å². The van der Waals surface area contributed by atoms with Crippen LogP contribution < -0.4 is 11.1 Å². The number of nitrogens with two attached hydrogens (primary N) is 1. The molecule has 2 aromatic heterocycles. The lowest BCUT2D eigenvalue weighted by Crippen LogP contribution is -2.44. The summed E-state index contributed by atoms with van der Waals surface area (Å²) in [5, 5.41) is 7.22. The number of fused-ring (bicyclic) bond motifs is 1. The number of carbonyl (C=O) groups is 1. The summed E-state index contributed by atoms with van der Waals surface area (Å²) in [4.78, 5) is 24.8. The Kier molecular flexibility index (Phi) is 10.8. The molecule has 1 aliphatic rings. The van der Waals surface area contributed by atoms with Crippen LogP contribution >= 0.6 is 0 Å². The van der Waals surface area contributed by atoms with Crippen LogP contribution in [0.25, 0.3) is 5.52 Å². The maximum absolute atomic E-state index is 12.6. The van der Waals surface area contributed by atoms with E-state index in [2.05, 4.69) is 25.4 Å². The fourth-order valence-corrected chi connectivity index (χ4v) is 3.61. The van der Waals surface area contributed by atoms with E-state index >= 15 is 0 Å². The largest absolute Gasteiger partial charge is 0.371 e. The average molecular weight is 521 g/mol. The van der Waals surface area contributed by atoms with Gasteiger partial charge in [-0.2, -0.15) is 4.98 Å². The number of aromatic nitrogens is 3. The highest BCUT2D eigenvalue weighted by molar-refractivity contribution is 6.16. The predicted octanol–water partition coefficient (Wildman–Crippen LogP) is 4.32. The molecule has 3 N–H and O–H groups in total. The van der Waals surface area contributed by atoms with E-state index in [1.165, 1.54) is 11.8 Å². The minimum Gasteiger partial charge on any atom is -0.371 e. The van der Waals surface area contributed by atoms with Crippen molar-refractivity contribution >= 4 is 34.6 Å². The first-order chi connectivity index (χ1) is 17.5. The minimum absolute atomic E-state index is 0.0865. The lowest BCUT2D eigenvalue weighted by Gasteiger charge is -2.31. The summed E-state index contributed by atoms with van der Waals surface area (Å²) < 4.78 is 39.2. The first-order valence-corrected chi connectivity index (χ1v) is 11.9. The number of nitrogens with zero attached hydrogens (tertiary/aromatic N) is 6. The molecule has 12 heteroatoms. The number of hydrogen-bond donors (Lipinski definition) is 2. The molecule has 1 amide bonds. The van der Waals surface area contributed by atoms with E-state index < -0.39 is 12.5 Å². The molecule has 0 saturated carbocycles. The average Bonchev–Trinajstić information content (AvgIpc) is 3.26. The van der Waals surface area contributed by atoms with Crippen LogP contribution in [0.15, 0.2) is 46.2 Å². The molecule has 3 heterocycles. The summed E-state index contributed by atoms with van der Waals surface area (Å²) in [6.07, 6.45) is 7.96. The van der Waals surface area contributed by atoms with Crippen molar-refractivity contribution in [2.24, 2.45) is 9.98 Å². The Bertz CT molecular complexity index is 1200. The molecule has 1 aliphatic heterocycles. The zero-order chi connectivity index (χ0) is 27.6. The molecule has 9 nitrogen and oxygen atoms in total. The van der Waals surface area contributed by atoms with Crippen molar-refractivity contribution in [3.63, 3.8) is 0 Å². The van der Waals surface area contributed by atoms with E-state index in [4.69, 9.17) is 5.73 Å². The molecular weight excluding hydrogens is 485 g/mol. The molecule has 0 aromatic carbocycles. The van der Waals surface area contributed by atoms with Crippen LogP contribution in [0.5, 0.6) is 0 Å². The Morgan fingerprint density at radius 2 is 2.03 bits per heavy atom. The maximum Gasteiger partial charge on any atom is 0.265 e. The number of piperidine rings is 1. The molecule has 0 radical (unpaired) electrons. The van der Waals surface area contributed by atoms with E-state index in [1.807, 2.05) is 38.3 Å². The second kappa shape index (κ2) is 13.6. The molecular formula is C25H35F3N8O. The first-order valence-electron chi connectivity index (χ1n) is 11.9. The van der Waals surface area contributed by atoms with Crippen LogP contribution in [-0.2, 0) is 4.79 Å². The standard InChI is InChI=1S/C18H24FN7.C7H11F2NO/c1-12(7-9-19)11-23-13(2)5-6-15(21-3)14-8-10-26-16(14)17(22-4)24-18(20)25-26;1-6(11)10-4-2-3-7(8,9)5-10/h5-6,8,10-11H,7,9H2,1-4H3,(H3,20,22,24,25);2-5H2,1H3/b6-5-,12-11+,21-15?,23-13-;. The van der Waals surface area contributed by atoms with Gasteiger partial charge in [0, 0.05) is 57.7 Å². The van der Waals surface area contributed by atoms with Crippen molar-refractivity contribution in [3.8, 4) is 0 Å². The van der Waals surface area contributed by atoms with Crippen molar-refractivity contribution in [2.45, 2.75) is 46.0 Å². The zero-order valence-corrected chi connectivity index (χ0v) is 21.9. The van der Waals surface area contributed by atoms with Gasteiger partial charge in [0.1, 0.15) is 5.52 Å². The fraction of sp³-hybridized carbons (Fsp3) is 0.480. The van der Waals surface area contributed by atoms with E-state index in [1.54, 1.807) is 24.8 Å². The van der Waals surface area contributed by atoms with Gasteiger partial charge in [-0.3, -0.25) is 19.2 Å². The smallest absolute Gasteiger partial charge is 0.265 e. The Hall–Kier alpha value is -3.70. The summed E-state index contributed by atoms with van der Waals surface area (Å²) in [5.41, 5.74) is 9.85. The van der Waals surface area contributed by atoms with Gasteiger partial charge in [-0.05, 0) is 44.9 Å². The van der Waals surface area contributed by atoms with Gasteiger partial charge in [-0.25, -0.2) is 13.3 Å². The van der Waals surface area contributed by atoms with Crippen molar-refractivity contribution in [3.05, 3.63) is 41.8 Å². The topological polar surface area (TPSA) is 113 Å². The third-order valence-corrected chi connectivity index (χ3v) is 5.58. The molecule has 0 bridgehead atoms. The van der Waals surface area contributed by atoms with Crippen LogP contribution in [0.2, 0.25) is 0 Å². The van der Waals surface area contributed by atoms with Gasteiger partial charge < -0.3 is 16.0 Å². The molecule has 0 aliphatic carbocycles. The number of likely N-dealkylation sites (tertiary alicyclic amines) is 1. The van der Waals surface area contributed by atoms with Gasteiger partial charge in [0.05, 0.1) is 18.9 Å². The summed E-state index contributed by atoms with van der Waals surface area (Å²) in [7, 11) is 3.50. The summed E-state index contributed by atoms with van der Waals surface area (Å²) in [5.74, 6) is -2.11. The van der Waals surface area contributed by atoms with Gasteiger partial charge >= 0.3 is 0 Å². The van der Waals surface area contributed by atoms with E-state index in [-0.39, 0.29) is 25.0 Å². The van der Waals surface area contributed by atoms with Crippen molar-refractivity contribution in [1.29, 1.82) is 0 Å². The van der Waals surface area contributed by atoms with Crippen LogP contribution in [0.3, 0.4) is 0 Å². The summed E-state index contributed by atoms with van der Waals surface area (Å²) in [6, 6.07) is 1.91. The second-order valence-corrected chi connectivity index (χ2v) is 8.62. The van der Waals surface area contributed by atoms with Gasteiger partial charge in [0.2, 0.25) is 11.9 Å². The Labute approximate surface area is 215 Å². The first kappa shape index (κ1) is 29.5. The van der Waals surface area contributed by atoms with Gasteiger partial charge in [-0.15, -0.1) is 5.10 Å². The molecule has 3 rings (SSSR count). The van der Waals surface area contributed by atoms with E-state index in [9.17, 15) is 18.0 Å². The number of carbonyl (C=O) groups excluding carboxylic acids is 1. The third kappa shape index (κ3) is 8.72. The summed E-state index contributed by atoms with van der Waals surface area (Å²) in [6.45, 7) is 4.76. The number of aliphatic imine (C=N–C) groups is 2. The normalized spacial score (nSPS) is 16.6. The molecule has 202 valence electrons. The molecule has 2 aromatic rings. The number of nitrogens with one attached hydrogen (secondary N) is 1. The Balaban J connectivity index is 0.000000364. The Morgan fingerprint density at radius 1 is 1.30 bits per heavy atom. The highest BCUT2D eigenvalue weighted by Gasteiger charge is 2.35. The lowest BCUT2D eigenvalue weighted by atomic mass is 10.1. The molecule has 0 unspecified atom stereocenters. The highest BCUT2D eigenvalue weighted by Crippen LogP contribution is 2.26. The highest BCUT2D eigenvalue weighted by atomic mass is 19.3. The minimum atomic E-state index is -2.66. The van der Waals surface area contributed by atoms with Crippen molar-refractivity contribution < 1.29 is 18.0 Å². The van der Waals surface area contributed by atoms with E-state index in [0.717, 1.165) is 28.1 Å². The van der Waals surface area contributed by atoms with Crippen LogP contribution in [-0.4, -0.2) is 76.6 Å². The third-order valence-electron chi connectivity index (χ3n) is 5.58. The van der Waals surface area contributed by atoms with Crippen molar-refractivity contribution in [1.82, 2.24) is 19.5 Å². The lowest BCUT2D eigenvalue weighted by molar-refractivity contribution is -0.139. The van der Waals surface area contributed by atoms with Gasteiger partial charge in [0.25, 0.3) is 5.92 Å². The quantitative estimate of drug-likeness (QED) is 0.528. The molecule has 0 atom stereocenters. The van der Waals surface area contributed by atoms with Gasteiger partial charge in [0.15, 0.2) is 5.82 Å². The van der Waals surface area contributed by atoms with Crippen LogP contribution in [0.4, 0.5) is 24.9 Å². The summed E-state index contributed by atoms with van der Waals surface area (Å²) >= 11 is 0. The molecule has 1 fully saturated rings. The van der Waals surface area contributed by atoms with Crippen molar-refractivity contribution in [2.75, 3.05) is 44.9 Å². The van der Waals surface area contributed by atoms with Crippen LogP contribution in [0, 0.1) is 0 Å². The number of halogens is 3.